The zero-order chi connectivity index (χ0) is 13.5. The molecule has 0 bridgehead atoms. The van der Waals surface area contributed by atoms with Gasteiger partial charge in [-0.15, -0.1) is 0 Å². The lowest BCUT2D eigenvalue weighted by molar-refractivity contribution is 0.0505. The Labute approximate surface area is 112 Å². The van der Waals surface area contributed by atoms with Gasteiger partial charge in [0.1, 0.15) is 0 Å². The third kappa shape index (κ3) is 3.88. The summed E-state index contributed by atoms with van der Waals surface area (Å²) in [6, 6.07) is 11.3. The number of rotatable bonds is 6. The monoisotopic (exact) mass is 258 g/mol. The molecule has 0 aliphatic rings. The first-order chi connectivity index (χ1) is 9.29. The quantitative estimate of drug-likeness (QED) is 0.782. The zero-order valence-electron chi connectivity index (χ0n) is 11.0. The standard InChI is InChI=1S/C15H18N2O2/c1-2-10-19-15(18)12-5-7-13(8-6-12)17-11-14-4-3-9-16-14/h3-9,16-17H,2,10-11H2,1H3. The summed E-state index contributed by atoms with van der Waals surface area (Å²) in [6.07, 6.45) is 2.73. The minimum atomic E-state index is -0.266. The van der Waals surface area contributed by atoms with E-state index in [1.807, 2.05) is 37.4 Å². The summed E-state index contributed by atoms with van der Waals surface area (Å²) in [5.74, 6) is -0.266. The average Bonchev–Trinajstić information content (AvgIpc) is 2.96. The van der Waals surface area contributed by atoms with Gasteiger partial charge in [-0.1, -0.05) is 6.92 Å². The molecule has 0 unspecified atom stereocenters. The number of carbonyl (C=O) groups excluding carboxylic acids is 1. The molecule has 100 valence electrons. The van der Waals surface area contributed by atoms with Gasteiger partial charge in [0, 0.05) is 17.6 Å². The number of H-pyrrole nitrogens is 1. The third-order valence-corrected chi connectivity index (χ3v) is 2.70. The highest BCUT2D eigenvalue weighted by Crippen LogP contribution is 2.11. The Morgan fingerprint density at radius 2 is 2.05 bits per heavy atom. The van der Waals surface area contributed by atoms with E-state index in [1.54, 1.807) is 12.1 Å². The van der Waals surface area contributed by atoms with Crippen molar-refractivity contribution in [3.05, 3.63) is 53.9 Å². The molecule has 2 N–H and O–H groups in total. The van der Waals surface area contributed by atoms with Crippen LogP contribution in [-0.2, 0) is 11.3 Å². The zero-order valence-corrected chi connectivity index (χ0v) is 11.0. The second-order valence-corrected chi connectivity index (χ2v) is 4.26. The number of hydrogen-bond donors (Lipinski definition) is 2. The summed E-state index contributed by atoms with van der Waals surface area (Å²) in [5.41, 5.74) is 2.67. The van der Waals surface area contributed by atoms with Crippen molar-refractivity contribution in [3.63, 3.8) is 0 Å². The summed E-state index contributed by atoms with van der Waals surface area (Å²) in [6.45, 7) is 3.17. The molecular weight excluding hydrogens is 240 g/mol. The van der Waals surface area contributed by atoms with Crippen molar-refractivity contribution in [2.45, 2.75) is 19.9 Å². The first-order valence-corrected chi connectivity index (χ1v) is 6.43. The van der Waals surface area contributed by atoms with Crippen LogP contribution in [0, 0.1) is 0 Å². The lowest BCUT2D eigenvalue weighted by Crippen LogP contribution is -2.06. The van der Waals surface area contributed by atoms with Crippen LogP contribution in [0.15, 0.2) is 42.6 Å². The Morgan fingerprint density at radius 3 is 2.68 bits per heavy atom. The smallest absolute Gasteiger partial charge is 0.338 e. The minimum absolute atomic E-state index is 0.266. The van der Waals surface area contributed by atoms with E-state index >= 15 is 0 Å². The van der Waals surface area contributed by atoms with Crippen molar-refractivity contribution >= 4 is 11.7 Å². The molecule has 0 aliphatic heterocycles. The lowest BCUT2D eigenvalue weighted by atomic mass is 10.2. The van der Waals surface area contributed by atoms with E-state index in [2.05, 4.69) is 10.3 Å². The summed E-state index contributed by atoms with van der Waals surface area (Å²) in [5, 5.41) is 3.27. The summed E-state index contributed by atoms with van der Waals surface area (Å²) in [4.78, 5) is 14.7. The van der Waals surface area contributed by atoms with Crippen LogP contribution in [0.3, 0.4) is 0 Å². The number of ether oxygens (including phenoxy) is 1. The Balaban J connectivity index is 1.89. The average molecular weight is 258 g/mol. The van der Waals surface area contributed by atoms with Crippen molar-refractivity contribution in [3.8, 4) is 0 Å². The van der Waals surface area contributed by atoms with E-state index < -0.39 is 0 Å². The van der Waals surface area contributed by atoms with E-state index in [0.717, 1.165) is 24.3 Å². The van der Waals surface area contributed by atoms with E-state index in [1.165, 1.54) is 0 Å². The fourth-order valence-electron chi connectivity index (χ4n) is 1.68. The number of carbonyl (C=O) groups is 1. The number of hydrogen-bond acceptors (Lipinski definition) is 3. The lowest BCUT2D eigenvalue weighted by Gasteiger charge is -2.07. The molecule has 1 aromatic carbocycles. The second kappa shape index (κ2) is 6.64. The van der Waals surface area contributed by atoms with Crippen LogP contribution >= 0.6 is 0 Å². The summed E-state index contributed by atoms with van der Waals surface area (Å²) in [7, 11) is 0. The highest BCUT2D eigenvalue weighted by Gasteiger charge is 2.05. The molecule has 0 spiro atoms. The van der Waals surface area contributed by atoms with Gasteiger partial charge in [-0.05, 0) is 42.8 Å². The molecule has 1 heterocycles. The molecule has 2 aromatic rings. The van der Waals surface area contributed by atoms with Gasteiger partial charge in [-0.25, -0.2) is 4.79 Å². The molecule has 0 fully saturated rings. The van der Waals surface area contributed by atoms with Crippen LogP contribution in [0.5, 0.6) is 0 Å². The van der Waals surface area contributed by atoms with E-state index in [0.29, 0.717) is 12.2 Å². The maximum atomic E-state index is 11.6. The van der Waals surface area contributed by atoms with Gasteiger partial charge in [-0.2, -0.15) is 0 Å². The second-order valence-electron chi connectivity index (χ2n) is 4.26. The third-order valence-electron chi connectivity index (χ3n) is 2.70. The van der Waals surface area contributed by atoms with E-state index in [4.69, 9.17) is 4.74 Å². The molecule has 0 aliphatic carbocycles. The fourth-order valence-corrected chi connectivity index (χ4v) is 1.68. The highest BCUT2D eigenvalue weighted by atomic mass is 16.5. The predicted octanol–water partition coefficient (Wildman–Crippen LogP) is 3.19. The largest absolute Gasteiger partial charge is 0.462 e. The van der Waals surface area contributed by atoms with Gasteiger partial charge in [0.15, 0.2) is 0 Å². The molecule has 0 amide bonds. The molecule has 0 radical (unpaired) electrons. The normalized spacial score (nSPS) is 10.2. The Bertz CT molecular complexity index is 503. The number of aromatic nitrogens is 1. The Hall–Kier alpha value is -2.23. The molecular formula is C15H18N2O2. The maximum absolute atomic E-state index is 11.6. The van der Waals surface area contributed by atoms with E-state index in [-0.39, 0.29) is 5.97 Å². The van der Waals surface area contributed by atoms with Crippen LogP contribution < -0.4 is 5.32 Å². The first-order valence-electron chi connectivity index (χ1n) is 6.43. The van der Waals surface area contributed by atoms with Crippen LogP contribution in [-0.4, -0.2) is 17.6 Å². The molecule has 0 atom stereocenters. The topological polar surface area (TPSA) is 54.1 Å². The Morgan fingerprint density at radius 1 is 1.26 bits per heavy atom. The van der Waals surface area contributed by atoms with Crippen LogP contribution in [0.1, 0.15) is 29.4 Å². The fraction of sp³-hybridized carbons (Fsp3) is 0.267. The van der Waals surface area contributed by atoms with Gasteiger partial charge in [0.25, 0.3) is 0 Å². The van der Waals surface area contributed by atoms with Crippen molar-refractivity contribution in [1.82, 2.24) is 4.98 Å². The first kappa shape index (κ1) is 13.2. The van der Waals surface area contributed by atoms with Crippen molar-refractivity contribution in [2.24, 2.45) is 0 Å². The number of anilines is 1. The summed E-state index contributed by atoms with van der Waals surface area (Å²) >= 11 is 0. The summed E-state index contributed by atoms with van der Waals surface area (Å²) < 4.78 is 5.07. The predicted molar refractivity (Wildman–Crippen MR) is 75.1 cm³/mol. The molecule has 4 heteroatoms. The molecule has 2 rings (SSSR count). The number of aromatic amines is 1. The van der Waals surface area contributed by atoms with Gasteiger partial charge in [0.05, 0.1) is 18.7 Å². The van der Waals surface area contributed by atoms with Gasteiger partial charge in [0.2, 0.25) is 0 Å². The maximum Gasteiger partial charge on any atom is 0.338 e. The molecule has 19 heavy (non-hydrogen) atoms. The van der Waals surface area contributed by atoms with Crippen molar-refractivity contribution in [2.75, 3.05) is 11.9 Å². The van der Waals surface area contributed by atoms with Gasteiger partial charge < -0.3 is 15.0 Å². The SMILES string of the molecule is CCCOC(=O)c1ccc(NCc2ccc[nH]2)cc1. The van der Waals surface area contributed by atoms with Gasteiger partial charge in [-0.3, -0.25) is 0 Å². The van der Waals surface area contributed by atoms with Crippen LogP contribution in [0.4, 0.5) is 5.69 Å². The molecule has 0 saturated carbocycles. The molecule has 0 saturated heterocycles. The molecule has 1 aromatic heterocycles. The van der Waals surface area contributed by atoms with Crippen molar-refractivity contribution < 1.29 is 9.53 Å². The number of nitrogens with one attached hydrogen (secondary N) is 2. The van der Waals surface area contributed by atoms with Crippen molar-refractivity contribution in [1.29, 1.82) is 0 Å². The number of esters is 1. The van der Waals surface area contributed by atoms with Gasteiger partial charge >= 0.3 is 5.97 Å². The highest BCUT2D eigenvalue weighted by molar-refractivity contribution is 5.89. The van der Waals surface area contributed by atoms with Crippen LogP contribution in [0.25, 0.3) is 0 Å². The Kier molecular flexibility index (Phi) is 4.61. The van der Waals surface area contributed by atoms with Crippen LogP contribution in [0.2, 0.25) is 0 Å². The van der Waals surface area contributed by atoms with E-state index in [9.17, 15) is 4.79 Å². The number of benzene rings is 1. The minimum Gasteiger partial charge on any atom is -0.462 e. The molecule has 4 nitrogen and oxygen atoms in total.